The third kappa shape index (κ3) is 7.52. The molecule has 5 heteroatoms. The molecule has 1 aliphatic heterocycles. The summed E-state index contributed by atoms with van der Waals surface area (Å²) in [5.41, 5.74) is 1.36. The largest absolute Gasteiger partial charge is 0.356 e. The van der Waals surface area contributed by atoms with Gasteiger partial charge in [0.2, 0.25) is 0 Å². The Kier molecular flexibility index (Phi) is 10.3. The predicted molar refractivity (Wildman–Crippen MR) is 110 cm³/mol. The van der Waals surface area contributed by atoms with E-state index in [9.17, 15) is 0 Å². The summed E-state index contributed by atoms with van der Waals surface area (Å²) >= 11 is 0. The molecule has 1 saturated heterocycles. The fourth-order valence-corrected chi connectivity index (χ4v) is 2.89. The van der Waals surface area contributed by atoms with Gasteiger partial charge in [0.05, 0.1) is 0 Å². The first-order valence-electron chi connectivity index (χ1n) is 8.51. The van der Waals surface area contributed by atoms with Gasteiger partial charge in [0, 0.05) is 26.7 Å². The molecule has 0 spiro atoms. The second kappa shape index (κ2) is 11.7. The summed E-state index contributed by atoms with van der Waals surface area (Å²) in [4.78, 5) is 6.85. The highest BCUT2D eigenvalue weighted by atomic mass is 127. The predicted octanol–water partition coefficient (Wildman–Crippen LogP) is 3.06. The van der Waals surface area contributed by atoms with Gasteiger partial charge in [-0.2, -0.15) is 0 Å². The number of halogens is 1. The Hall–Kier alpha value is -0.820. The highest BCUT2D eigenvalue weighted by Crippen LogP contribution is 2.12. The van der Waals surface area contributed by atoms with E-state index in [0.29, 0.717) is 5.92 Å². The van der Waals surface area contributed by atoms with Crippen molar-refractivity contribution in [2.75, 3.05) is 39.8 Å². The molecule has 1 unspecified atom stereocenters. The molecule has 0 aliphatic carbocycles. The summed E-state index contributed by atoms with van der Waals surface area (Å²) in [5.74, 6) is 1.38. The molecule has 4 nitrogen and oxygen atoms in total. The molecule has 0 radical (unpaired) electrons. The number of likely N-dealkylation sites (tertiary alicyclic amines) is 1. The van der Waals surface area contributed by atoms with Crippen molar-refractivity contribution >= 4 is 29.9 Å². The fourth-order valence-electron chi connectivity index (χ4n) is 2.89. The summed E-state index contributed by atoms with van der Waals surface area (Å²) in [5, 5.41) is 6.85. The molecule has 0 aromatic heterocycles. The van der Waals surface area contributed by atoms with Crippen LogP contribution in [0.4, 0.5) is 0 Å². The van der Waals surface area contributed by atoms with Crippen LogP contribution in [0.1, 0.15) is 37.7 Å². The maximum absolute atomic E-state index is 4.31. The highest BCUT2D eigenvalue weighted by molar-refractivity contribution is 14.0. The van der Waals surface area contributed by atoms with Crippen LogP contribution in [0.2, 0.25) is 0 Å². The second-order valence-electron chi connectivity index (χ2n) is 6.09. The van der Waals surface area contributed by atoms with Crippen LogP contribution in [0.5, 0.6) is 0 Å². The van der Waals surface area contributed by atoms with Crippen molar-refractivity contribution in [2.24, 2.45) is 4.99 Å². The monoisotopic (exact) mass is 430 g/mol. The Morgan fingerprint density at radius 3 is 2.48 bits per heavy atom. The topological polar surface area (TPSA) is 39.7 Å². The van der Waals surface area contributed by atoms with E-state index in [1.807, 2.05) is 7.05 Å². The van der Waals surface area contributed by atoms with Crippen LogP contribution in [-0.4, -0.2) is 50.6 Å². The van der Waals surface area contributed by atoms with Crippen molar-refractivity contribution in [1.82, 2.24) is 15.5 Å². The lowest BCUT2D eigenvalue weighted by molar-refractivity contribution is 0.232. The quantitative estimate of drug-likeness (QED) is 0.414. The number of nitrogens with one attached hydrogen (secondary N) is 2. The van der Waals surface area contributed by atoms with E-state index in [0.717, 1.165) is 25.6 Å². The van der Waals surface area contributed by atoms with Crippen LogP contribution >= 0.6 is 24.0 Å². The number of benzene rings is 1. The average Bonchev–Trinajstić information content (AvgIpc) is 2.59. The smallest absolute Gasteiger partial charge is 0.191 e. The second-order valence-corrected chi connectivity index (χ2v) is 6.09. The molecule has 1 aromatic carbocycles. The van der Waals surface area contributed by atoms with Gasteiger partial charge < -0.3 is 15.5 Å². The third-order valence-corrected chi connectivity index (χ3v) is 4.34. The molecule has 23 heavy (non-hydrogen) atoms. The summed E-state index contributed by atoms with van der Waals surface area (Å²) in [6.07, 6.45) is 4.09. The minimum absolute atomic E-state index is 0. The Bertz CT molecular complexity index is 444. The molecule has 130 valence electrons. The number of guanidine groups is 1. The minimum Gasteiger partial charge on any atom is -0.356 e. The number of nitrogens with zero attached hydrogens (tertiary/aromatic N) is 2. The normalized spacial score (nSPS) is 17.2. The fraction of sp³-hybridized carbons (Fsp3) is 0.611. The van der Waals surface area contributed by atoms with Crippen LogP contribution in [0.25, 0.3) is 0 Å². The average molecular weight is 430 g/mol. The molecular formula is C18H31IN4. The van der Waals surface area contributed by atoms with Gasteiger partial charge in [0.25, 0.3) is 0 Å². The van der Waals surface area contributed by atoms with Crippen molar-refractivity contribution in [1.29, 1.82) is 0 Å². The van der Waals surface area contributed by atoms with Crippen LogP contribution < -0.4 is 10.6 Å². The van der Waals surface area contributed by atoms with Gasteiger partial charge in [0.15, 0.2) is 5.96 Å². The maximum Gasteiger partial charge on any atom is 0.191 e. The number of aliphatic imine (C=N–C) groups is 1. The van der Waals surface area contributed by atoms with Crippen LogP contribution in [0, 0.1) is 0 Å². The lowest BCUT2D eigenvalue weighted by atomic mass is 10.0. The van der Waals surface area contributed by atoms with Crippen molar-refractivity contribution in [2.45, 2.75) is 32.1 Å². The third-order valence-electron chi connectivity index (χ3n) is 4.34. The number of hydrogen-bond donors (Lipinski definition) is 2. The van der Waals surface area contributed by atoms with Gasteiger partial charge in [-0.3, -0.25) is 4.99 Å². The Balaban J connectivity index is 0.00000264. The van der Waals surface area contributed by atoms with E-state index >= 15 is 0 Å². The summed E-state index contributed by atoms with van der Waals surface area (Å²) in [7, 11) is 1.84. The molecule has 1 fully saturated rings. The molecule has 0 bridgehead atoms. The van der Waals surface area contributed by atoms with Gasteiger partial charge in [-0.1, -0.05) is 43.7 Å². The molecule has 2 rings (SSSR count). The first-order chi connectivity index (χ1) is 10.8. The number of rotatable bonds is 6. The molecule has 0 saturated carbocycles. The van der Waals surface area contributed by atoms with Gasteiger partial charge in [-0.15, -0.1) is 24.0 Å². The zero-order valence-corrected chi connectivity index (χ0v) is 16.8. The van der Waals surface area contributed by atoms with Crippen LogP contribution in [-0.2, 0) is 0 Å². The standard InChI is InChI=1S/C18H30N4.HI/c1-16(17-9-5-3-6-10-17)15-21-18(19-2)20-11-14-22-12-7-4-8-13-22;/h3,5-6,9-10,16H,4,7-8,11-15H2,1-2H3,(H2,19,20,21);1H. The van der Waals surface area contributed by atoms with Gasteiger partial charge in [0.1, 0.15) is 0 Å². The lowest BCUT2D eigenvalue weighted by Crippen LogP contribution is -2.43. The maximum atomic E-state index is 4.31. The molecule has 2 N–H and O–H groups in total. The Morgan fingerprint density at radius 1 is 1.13 bits per heavy atom. The van der Waals surface area contributed by atoms with E-state index in [1.165, 1.54) is 37.9 Å². The van der Waals surface area contributed by atoms with E-state index in [4.69, 9.17) is 0 Å². The Morgan fingerprint density at radius 2 is 1.83 bits per heavy atom. The SMILES string of the molecule is CN=C(NCCN1CCCCC1)NCC(C)c1ccccc1.I. The van der Waals surface area contributed by atoms with Gasteiger partial charge >= 0.3 is 0 Å². The zero-order chi connectivity index (χ0) is 15.6. The number of piperidine rings is 1. The molecule has 1 aromatic rings. The molecule has 0 amide bonds. The van der Waals surface area contributed by atoms with Crippen LogP contribution in [0.3, 0.4) is 0 Å². The molecule has 1 aliphatic rings. The van der Waals surface area contributed by atoms with Crippen molar-refractivity contribution in [3.63, 3.8) is 0 Å². The lowest BCUT2D eigenvalue weighted by Gasteiger charge is -2.26. The number of hydrogen-bond acceptors (Lipinski definition) is 2. The molecular weight excluding hydrogens is 399 g/mol. The van der Waals surface area contributed by atoms with Crippen molar-refractivity contribution in [3.05, 3.63) is 35.9 Å². The minimum atomic E-state index is 0. The molecule has 1 atom stereocenters. The highest BCUT2D eigenvalue weighted by Gasteiger charge is 2.10. The van der Waals surface area contributed by atoms with Crippen molar-refractivity contribution in [3.8, 4) is 0 Å². The van der Waals surface area contributed by atoms with E-state index < -0.39 is 0 Å². The Labute approximate surface area is 158 Å². The van der Waals surface area contributed by atoms with E-state index in [-0.39, 0.29) is 24.0 Å². The zero-order valence-electron chi connectivity index (χ0n) is 14.4. The van der Waals surface area contributed by atoms with E-state index in [1.54, 1.807) is 0 Å². The molecule has 1 heterocycles. The van der Waals surface area contributed by atoms with Gasteiger partial charge in [-0.25, -0.2) is 0 Å². The van der Waals surface area contributed by atoms with E-state index in [2.05, 4.69) is 57.8 Å². The first kappa shape index (κ1) is 20.2. The summed E-state index contributed by atoms with van der Waals surface area (Å²) in [6, 6.07) is 10.6. The van der Waals surface area contributed by atoms with Crippen LogP contribution in [0.15, 0.2) is 35.3 Å². The summed E-state index contributed by atoms with van der Waals surface area (Å²) < 4.78 is 0. The van der Waals surface area contributed by atoms with Crippen molar-refractivity contribution < 1.29 is 0 Å². The summed E-state index contributed by atoms with van der Waals surface area (Å²) in [6.45, 7) is 7.70. The van der Waals surface area contributed by atoms with Gasteiger partial charge in [-0.05, 0) is 37.4 Å². The first-order valence-corrected chi connectivity index (χ1v) is 8.51.